The molecule has 0 fully saturated rings. The topological polar surface area (TPSA) is 29.5 Å². The van der Waals surface area contributed by atoms with Crippen molar-refractivity contribution in [2.75, 3.05) is 0 Å². The summed E-state index contributed by atoms with van der Waals surface area (Å²) in [7, 11) is 0. The maximum atomic E-state index is 12.0. The monoisotopic (exact) mass is 312 g/mol. The minimum absolute atomic E-state index is 0.328. The van der Waals surface area contributed by atoms with Gasteiger partial charge in [0.2, 0.25) is 0 Å². The highest BCUT2D eigenvalue weighted by Crippen LogP contribution is 2.32. The Labute approximate surface area is 106 Å². The molecule has 6 heteroatoms. The Morgan fingerprint density at radius 1 is 1.41 bits per heavy atom. The third-order valence-corrected chi connectivity index (χ3v) is 2.84. The Kier molecular flexibility index (Phi) is 4.82. The van der Waals surface area contributed by atoms with Crippen LogP contribution in [0.1, 0.15) is 31.4 Å². The molecule has 0 heterocycles. The van der Waals surface area contributed by atoms with Crippen molar-refractivity contribution in [1.82, 2.24) is 0 Å². The molecule has 0 amide bonds. The van der Waals surface area contributed by atoms with Gasteiger partial charge in [-0.25, -0.2) is 0 Å². The highest BCUT2D eigenvalue weighted by atomic mass is 79.9. The van der Waals surface area contributed by atoms with E-state index < -0.39 is 12.5 Å². The smallest absolute Gasteiger partial charge is 0.406 e. The largest absolute Gasteiger partial charge is 0.573 e. The van der Waals surface area contributed by atoms with Crippen LogP contribution in [0.4, 0.5) is 13.2 Å². The normalized spacial score (nSPS) is 13.5. The van der Waals surface area contributed by atoms with Crippen LogP contribution in [-0.2, 0) is 0 Å². The molecule has 0 radical (unpaired) electrons. The fourth-order valence-electron chi connectivity index (χ4n) is 1.40. The van der Waals surface area contributed by atoms with Crippen LogP contribution in [0, 0.1) is 0 Å². The molecule has 1 rings (SSSR count). The maximum absolute atomic E-state index is 12.0. The van der Waals surface area contributed by atoms with E-state index in [9.17, 15) is 18.3 Å². The van der Waals surface area contributed by atoms with E-state index in [0.29, 0.717) is 16.5 Å². The van der Waals surface area contributed by atoms with Crippen molar-refractivity contribution < 1.29 is 23.0 Å². The molecule has 2 nitrogen and oxygen atoms in total. The van der Waals surface area contributed by atoms with E-state index >= 15 is 0 Å². The summed E-state index contributed by atoms with van der Waals surface area (Å²) in [5.74, 6) is -0.328. The highest BCUT2D eigenvalue weighted by Gasteiger charge is 2.31. The molecule has 0 aliphatic carbocycles. The van der Waals surface area contributed by atoms with Gasteiger partial charge in [0, 0.05) is 4.47 Å². The van der Waals surface area contributed by atoms with E-state index in [0.717, 1.165) is 6.42 Å². The standard InChI is InChI=1S/C11H12BrF3O2/c1-2-3-10(16)8-6-7(4-5-9(8)12)17-11(13,14)15/h4-6,10,16H,2-3H2,1H3. The van der Waals surface area contributed by atoms with Gasteiger partial charge in [-0.1, -0.05) is 29.3 Å². The number of halogens is 4. The van der Waals surface area contributed by atoms with E-state index in [4.69, 9.17) is 0 Å². The summed E-state index contributed by atoms with van der Waals surface area (Å²) in [5, 5.41) is 9.76. The van der Waals surface area contributed by atoms with Crippen molar-refractivity contribution in [3.8, 4) is 5.75 Å². The van der Waals surface area contributed by atoms with Gasteiger partial charge in [0.1, 0.15) is 5.75 Å². The summed E-state index contributed by atoms with van der Waals surface area (Å²) >= 11 is 3.18. The molecule has 1 N–H and O–H groups in total. The maximum Gasteiger partial charge on any atom is 0.573 e. The van der Waals surface area contributed by atoms with Crippen LogP contribution >= 0.6 is 15.9 Å². The molecular weight excluding hydrogens is 301 g/mol. The summed E-state index contributed by atoms with van der Waals surface area (Å²) in [6.07, 6.45) is -4.31. The average molecular weight is 313 g/mol. The van der Waals surface area contributed by atoms with Gasteiger partial charge in [-0.05, 0) is 30.2 Å². The summed E-state index contributed by atoms with van der Waals surface area (Å²) in [6, 6.07) is 3.81. The minimum atomic E-state index is -4.72. The zero-order valence-corrected chi connectivity index (χ0v) is 10.7. The fraction of sp³-hybridized carbons (Fsp3) is 0.455. The number of aliphatic hydroxyl groups excluding tert-OH is 1. The van der Waals surface area contributed by atoms with Crippen molar-refractivity contribution in [3.63, 3.8) is 0 Å². The molecule has 1 aromatic carbocycles. The molecule has 0 spiro atoms. The number of alkyl halides is 3. The van der Waals surface area contributed by atoms with Gasteiger partial charge in [0.15, 0.2) is 0 Å². The van der Waals surface area contributed by atoms with E-state index in [1.807, 2.05) is 6.92 Å². The Morgan fingerprint density at radius 3 is 2.59 bits per heavy atom. The molecular formula is C11H12BrF3O2. The van der Waals surface area contributed by atoms with Crippen molar-refractivity contribution >= 4 is 15.9 Å². The van der Waals surface area contributed by atoms with Gasteiger partial charge < -0.3 is 9.84 Å². The zero-order valence-electron chi connectivity index (χ0n) is 9.09. The van der Waals surface area contributed by atoms with E-state index in [1.54, 1.807) is 0 Å². The summed E-state index contributed by atoms with van der Waals surface area (Å²) in [6.45, 7) is 1.88. The quantitative estimate of drug-likeness (QED) is 0.903. The van der Waals surface area contributed by atoms with Crippen LogP contribution in [0.5, 0.6) is 5.75 Å². The van der Waals surface area contributed by atoms with E-state index in [1.165, 1.54) is 18.2 Å². The lowest BCUT2D eigenvalue weighted by molar-refractivity contribution is -0.274. The lowest BCUT2D eigenvalue weighted by Gasteiger charge is -2.15. The third-order valence-electron chi connectivity index (χ3n) is 2.12. The van der Waals surface area contributed by atoms with E-state index in [-0.39, 0.29) is 5.75 Å². The molecule has 96 valence electrons. The SMILES string of the molecule is CCCC(O)c1cc(OC(F)(F)F)ccc1Br. The number of benzene rings is 1. The van der Waals surface area contributed by atoms with Gasteiger partial charge in [0.25, 0.3) is 0 Å². The van der Waals surface area contributed by atoms with Crippen molar-refractivity contribution in [1.29, 1.82) is 0 Å². The fourth-order valence-corrected chi connectivity index (χ4v) is 1.91. The minimum Gasteiger partial charge on any atom is -0.406 e. The molecule has 1 aromatic rings. The molecule has 1 unspecified atom stereocenters. The van der Waals surface area contributed by atoms with Crippen LogP contribution < -0.4 is 4.74 Å². The van der Waals surface area contributed by atoms with Crippen molar-refractivity contribution in [2.45, 2.75) is 32.2 Å². The van der Waals surface area contributed by atoms with Crippen LogP contribution in [-0.4, -0.2) is 11.5 Å². The highest BCUT2D eigenvalue weighted by molar-refractivity contribution is 9.10. The molecule has 0 saturated carbocycles. The molecule has 1 atom stereocenters. The predicted octanol–water partition coefficient (Wildman–Crippen LogP) is 4.18. The molecule has 0 aliphatic heterocycles. The second kappa shape index (κ2) is 5.73. The van der Waals surface area contributed by atoms with Crippen molar-refractivity contribution in [2.24, 2.45) is 0 Å². The second-order valence-electron chi connectivity index (χ2n) is 3.54. The molecule has 0 bridgehead atoms. The number of ether oxygens (including phenoxy) is 1. The summed E-state index contributed by atoms with van der Waals surface area (Å²) in [4.78, 5) is 0. The van der Waals surface area contributed by atoms with Gasteiger partial charge in [-0.2, -0.15) is 0 Å². The molecule has 0 aliphatic rings. The first-order valence-electron chi connectivity index (χ1n) is 5.06. The van der Waals surface area contributed by atoms with Gasteiger partial charge in [-0.3, -0.25) is 0 Å². The number of aliphatic hydroxyl groups is 1. The summed E-state index contributed by atoms with van der Waals surface area (Å²) < 4.78 is 40.4. The van der Waals surface area contributed by atoms with Crippen LogP contribution in [0.2, 0.25) is 0 Å². The predicted molar refractivity (Wildman–Crippen MR) is 60.7 cm³/mol. The summed E-state index contributed by atoms with van der Waals surface area (Å²) in [5.41, 5.74) is 0.397. The lowest BCUT2D eigenvalue weighted by Crippen LogP contribution is -2.17. The Balaban J connectivity index is 2.94. The van der Waals surface area contributed by atoms with Crippen LogP contribution in [0.25, 0.3) is 0 Å². The molecule has 0 aromatic heterocycles. The van der Waals surface area contributed by atoms with E-state index in [2.05, 4.69) is 20.7 Å². The number of hydrogen-bond donors (Lipinski definition) is 1. The molecule has 0 saturated heterocycles. The van der Waals surface area contributed by atoms with Gasteiger partial charge >= 0.3 is 6.36 Å². The van der Waals surface area contributed by atoms with Crippen LogP contribution in [0.3, 0.4) is 0 Å². The number of rotatable bonds is 4. The number of hydrogen-bond acceptors (Lipinski definition) is 2. The first-order chi connectivity index (χ1) is 7.83. The Hall–Kier alpha value is -0.750. The first-order valence-corrected chi connectivity index (χ1v) is 5.86. The third kappa shape index (κ3) is 4.55. The Morgan fingerprint density at radius 2 is 2.06 bits per heavy atom. The average Bonchev–Trinajstić information content (AvgIpc) is 2.19. The van der Waals surface area contributed by atoms with Gasteiger partial charge in [-0.15, -0.1) is 13.2 Å². The zero-order chi connectivity index (χ0) is 13.1. The van der Waals surface area contributed by atoms with Crippen LogP contribution in [0.15, 0.2) is 22.7 Å². The van der Waals surface area contributed by atoms with Gasteiger partial charge in [0.05, 0.1) is 6.10 Å². The second-order valence-corrected chi connectivity index (χ2v) is 4.39. The Bertz CT molecular complexity index is 379. The van der Waals surface area contributed by atoms with Crippen molar-refractivity contribution in [3.05, 3.63) is 28.2 Å². The lowest BCUT2D eigenvalue weighted by atomic mass is 10.1. The molecule has 17 heavy (non-hydrogen) atoms. The first kappa shape index (κ1) is 14.3.